The molecular weight excluding hydrogens is 498 g/mol. The number of aromatic nitrogens is 3. The van der Waals surface area contributed by atoms with Crippen molar-refractivity contribution in [1.82, 2.24) is 20.1 Å². The van der Waals surface area contributed by atoms with Crippen LogP contribution in [0.3, 0.4) is 0 Å². The zero-order chi connectivity index (χ0) is 27.1. The number of benzene rings is 3. The van der Waals surface area contributed by atoms with Gasteiger partial charge in [0.1, 0.15) is 5.75 Å². The highest BCUT2D eigenvalue weighted by atomic mass is 32.2. The van der Waals surface area contributed by atoms with Gasteiger partial charge < -0.3 is 15.4 Å². The summed E-state index contributed by atoms with van der Waals surface area (Å²) in [7, 11) is 0. The molecular formula is C29H31N5O3S. The van der Waals surface area contributed by atoms with Crippen molar-refractivity contribution in [1.29, 1.82) is 0 Å². The number of carbonyl (C=O) groups excluding carboxylic acids is 2. The van der Waals surface area contributed by atoms with E-state index in [1.165, 1.54) is 11.8 Å². The van der Waals surface area contributed by atoms with Crippen LogP contribution in [0.5, 0.6) is 5.75 Å². The van der Waals surface area contributed by atoms with E-state index >= 15 is 0 Å². The van der Waals surface area contributed by atoms with Crippen LogP contribution < -0.4 is 15.4 Å². The Morgan fingerprint density at radius 1 is 0.868 bits per heavy atom. The molecule has 0 saturated carbocycles. The van der Waals surface area contributed by atoms with Gasteiger partial charge >= 0.3 is 0 Å². The molecule has 196 valence electrons. The number of ether oxygens (including phenoxy) is 1. The maximum Gasteiger partial charge on any atom is 0.258 e. The molecule has 2 N–H and O–H groups in total. The van der Waals surface area contributed by atoms with Gasteiger partial charge in [-0.3, -0.25) is 14.2 Å². The molecule has 0 fully saturated rings. The second kappa shape index (κ2) is 12.4. The Bertz CT molecular complexity index is 1440. The minimum atomic E-state index is -0.272. The largest absolute Gasteiger partial charge is 0.484 e. The number of aryl methyl sites for hydroxylation is 4. The topological polar surface area (TPSA) is 98.1 Å². The number of nitrogens with one attached hydrogen (secondary N) is 2. The van der Waals surface area contributed by atoms with Gasteiger partial charge in [-0.25, -0.2) is 0 Å². The number of hydrogen-bond acceptors (Lipinski definition) is 6. The molecule has 0 saturated heterocycles. The van der Waals surface area contributed by atoms with Crippen molar-refractivity contribution in [3.8, 4) is 11.4 Å². The maximum absolute atomic E-state index is 12.8. The monoisotopic (exact) mass is 529 g/mol. The van der Waals surface area contributed by atoms with Gasteiger partial charge in [0.05, 0.1) is 18.0 Å². The average molecular weight is 530 g/mol. The summed E-state index contributed by atoms with van der Waals surface area (Å²) in [6.07, 6.45) is 0. The third-order valence-electron chi connectivity index (χ3n) is 5.86. The summed E-state index contributed by atoms with van der Waals surface area (Å²) in [5.74, 6) is 0.940. The molecule has 0 spiro atoms. The highest BCUT2D eigenvalue weighted by Crippen LogP contribution is 2.26. The molecule has 0 aliphatic rings. The van der Waals surface area contributed by atoms with Crippen LogP contribution in [0.1, 0.15) is 28.1 Å². The quantitative estimate of drug-likeness (QED) is 0.283. The third-order valence-corrected chi connectivity index (χ3v) is 6.79. The van der Waals surface area contributed by atoms with Crippen molar-refractivity contribution < 1.29 is 14.3 Å². The van der Waals surface area contributed by atoms with E-state index in [4.69, 9.17) is 4.74 Å². The van der Waals surface area contributed by atoms with Crippen LogP contribution in [-0.4, -0.2) is 38.9 Å². The van der Waals surface area contributed by atoms with Crippen LogP contribution in [0.2, 0.25) is 0 Å². The fourth-order valence-electron chi connectivity index (χ4n) is 3.79. The van der Waals surface area contributed by atoms with Crippen molar-refractivity contribution in [2.75, 3.05) is 17.7 Å². The van der Waals surface area contributed by atoms with E-state index < -0.39 is 0 Å². The molecule has 2 amide bonds. The highest BCUT2D eigenvalue weighted by Gasteiger charge is 2.18. The number of rotatable bonds is 10. The number of nitrogens with zero attached hydrogens (tertiary/aromatic N) is 3. The Kier molecular flexibility index (Phi) is 8.81. The SMILES string of the molecule is Cc1ccc(C)c(NC(=O)CSc2nnc(CNC(=O)COc3ccccc3)n2-c2cc(C)ccc2C)c1. The van der Waals surface area contributed by atoms with Gasteiger partial charge in [-0.05, 0) is 74.2 Å². The molecule has 0 radical (unpaired) electrons. The zero-order valence-electron chi connectivity index (χ0n) is 21.9. The Morgan fingerprint density at radius 3 is 2.34 bits per heavy atom. The Hall–Kier alpha value is -4.11. The van der Waals surface area contributed by atoms with Gasteiger partial charge in [0.25, 0.3) is 5.91 Å². The summed E-state index contributed by atoms with van der Waals surface area (Å²) in [5, 5.41) is 15.1. The first-order valence-electron chi connectivity index (χ1n) is 12.3. The van der Waals surface area contributed by atoms with Crippen LogP contribution in [-0.2, 0) is 16.1 Å². The second-order valence-electron chi connectivity index (χ2n) is 9.06. The number of amides is 2. The lowest BCUT2D eigenvalue weighted by Gasteiger charge is -2.14. The number of anilines is 1. The highest BCUT2D eigenvalue weighted by molar-refractivity contribution is 7.99. The van der Waals surface area contributed by atoms with Crippen LogP contribution in [0.4, 0.5) is 5.69 Å². The molecule has 4 aromatic rings. The average Bonchev–Trinajstić information content (AvgIpc) is 3.31. The van der Waals surface area contributed by atoms with E-state index in [1.54, 1.807) is 12.1 Å². The summed E-state index contributed by atoms with van der Waals surface area (Å²) >= 11 is 1.30. The minimum absolute atomic E-state index is 0.109. The van der Waals surface area contributed by atoms with Crippen molar-refractivity contribution in [2.24, 2.45) is 0 Å². The number of carbonyl (C=O) groups is 2. The smallest absolute Gasteiger partial charge is 0.258 e. The zero-order valence-corrected chi connectivity index (χ0v) is 22.8. The van der Waals surface area contributed by atoms with E-state index in [-0.39, 0.29) is 30.7 Å². The second-order valence-corrected chi connectivity index (χ2v) is 10.0. The van der Waals surface area contributed by atoms with Crippen LogP contribution in [0.15, 0.2) is 71.9 Å². The Morgan fingerprint density at radius 2 is 1.58 bits per heavy atom. The molecule has 1 aromatic heterocycles. The van der Waals surface area contributed by atoms with E-state index in [0.717, 1.165) is 33.6 Å². The third kappa shape index (κ3) is 7.01. The molecule has 4 rings (SSSR count). The van der Waals surface area contributed by atoms with E-state index in [0.29, 0.717) is 16.7 Å². The van der Waals surface area contributed by atoms with Gasteiger partial charge in [-0.2, -0.15) is 0 Å². The number of para-hydroxylation sites is 1. The lowest BCUT2D eigenvalue weighted by atomic mass is 10.1. The predicted molar refractivity (Wildman–Crippen MR) is 150 cm³/mol. The minimum Gasteiger partial charge on any atom is -0.484 e. The Labute approximate surface area is 226 Å². The fourth-order valence-corrected chi connectivity index (χ4v) is 4.56. The van der Waals surface area contributed by atoms with Crippen LogP contribution in [0.25, 0.3) is 5.69 Å². The summed E-state index contributed by atoms with van der Waals surface area (Å²) in [6, 6.07) is 21.2. The summed E-state index contributed by atoms with van der Waals surface area (Å²) in [6.45, 7) is 8.02. The summed E-state index contributed by atoms with van der Waals surface area (Å²) < 4.78 is 7.44. The molecule has 0 unspecified atom stereocenters. The van der Waals surface area contributed by atoms with Crippen molar-refractivity contribution in [3.63, 3.8) is 0 Å². The molecule has 0 aliphatic carbocycles. The van der Waals surface area contributed by atoms with Crippen molar-refractivity contribution in [2.45, 2.75) is 39.4 Å². The van der Waals surface area contributed by atoms with Crippen LogP contribution >= 0.6 is 11.8 Å². The first kappa shape index (κ1) is 26.9. The molecule has 3 aromatic carbocycles. The van der Waals surface area contributed by atoms with Gasteiger partial charge in [0.15, 0.2) is 17.6 Å². The maximum atomic E-state index is 12.8. The standard InChI is InChI=1S/C29H31N5O3S/c1-19-10-12-21(3)24(14-19)31-28(36)18-38-29-33-32-26(34(29)25-15-20(2)11-13-22(25)4)16-30-27(35)17-37-23-8-6-5-7-9-23/h5-15H,16-18H2,1-4H3,(H,30,35)(H,31,36). The summed E-state index contributed by atoms with van der Waals surface area (Å²) in [5.41, 5.74) is 5.88. The van der Waals surface area contributed by atoms with Crippen molar-refractivity contribution >= 4 is 29.3 Å². The van der Waals surface area contributed by atoms with E-state index in [2.05, 4.69) is 20.8 Å². The lowest BCUT2D eigenvalue weighted by molar-refractivity contribution is -0.123. The first-order valence-corrected chi connectivity index (χ1v) is 13.2. The van der Waals surface area contributed by atoms with Gasteiger partial charge in [0, 0.05) is 5.69 Å². The van der Waals surface area contributed by atoms with Gasteiger partial charge in [0.2, 0.25) is 5.91 Å². The molecule has 0 bridgehead atoms. The van der Waals surface area contributed by atoms with Gasteiger partial charge in [-0.1, -0.05) is 54.2 Å². The predicted octanol–water partition coefficient (Wildman–Crippen LogP) is 4.93. The van der Waals surface area contributed by atoms with E-state index in [1.807, 2.05) is 86.9 Å². The molecule has 0 atom stereocenters. The van der Waals surface area contributed by atoms with E-state index in [9.17, 15) is 9.59 Å². The first-order chi connectivity index (χ1) is 18.3. The fraction of sp³-hybridized carbons (Fsp3) is 0.241. The number of thioether (sulfide) groups is 1. The molecule has 0 aliphatic heterocycles. The number of hydrogen-bond donors (Lipinski definition) is 2. The normalized spacial score (nSPS) is 10.7. The van der Waals surface area contributed by atoms with Crippen molar-refractivity contribution in [3.05, 3.63) is 94.8 Å². The molecule has 9 heteroatoms. The van der Waals surface area contributed by atoms with Crippen LogP contribution in [0, 0.1) is 27.7 Å². The van der Waals surface area contributed by atoms with Gasteiger partial charge in [-0.15, -0.1) is 10.2 Å². The molecule has 1 heterocycles. The molecule has 8 nitrogen and oxygen atoms in total. The lowest BCUT2D eigenvalue weighted by Crippen LogP contribution is -2.29. The Balaban J connectivity index is 1.48. The summed E-state index contributed by atoms with van der Waals surface area (Å²) in [4.78, 5) is 25.2. The molecule has 38 heavy (non-hydrogen) atoms.